The smallest absolute Gasteiger partial charge is 0.409 e. The first kappa shape index (κ1) is 21.5. The van der Waals surface area contributed by atoms with Crippen molar-refractivity contribution in [1.29, 1.82) is 0 Å². The summed E-state index contributed by atoms with van der Waals surface area (Å²) in [6.07, 6.45) is -2.41. The Morgan fingerprint density at radius 1 is 1.22 bits per heavy atom. The van der Waals surface area contributed by atoms with Crippen molar-refractivity contribution in [2.24, 2.45) is 11.8 Å². The molecule has 0 aromatic carbocycles. The van der Waals surface area contributed by atoms with Crippen molar-refractivity contribution < 1.29 is 27.1 Å². The zero-order valence-electron chi connectivity index (χ0n) is 18.1. The average Bonchev–Trinajstić information content (AvgIpc) is 3.42. The van der Waals surface area contributed by atoms with Crippen LogP contribution in [0.1, 0.15) is 61.5 Å². The molecule has 0 radical (unpaired) electrons. The molecule has 2 aromatic heterocycles. The number of piperidine rings is 1. The van der Waals surface area contributed by atoms with Gasteiger partial charge < -0.3 is 9.64 Å². The van der Waals surface area contributed by atoms with Gasteiger partial charge in [0.2, 0.25) is 0 Å². The number of nitrogens with zero attached hydrogens (tertiary/aromatic N) is 4. The minimum Gasteiger partial charge on any atom is -0.453 e. The highest BCUT2D eigenvalue weighted by Crippen LogP contribution is 2.58. The molecule has 2 saturated carbocycles. The predicted octanol–water partition coefficient (Wildman–Crippen LogP) is 4.74. The maximum absolute atomic E-state index is 15.4. The van der Waals surface area contributed by atoms with E-state index in [1.54, 1.807) is 11.8 Å². The number of carbonyl (C=O) groups is 1. The quantitative estimate of drug-likeness (QED) is 0.615. The van der Waals surface area contributed by atoms with Crippen LogP contribution in [0.3, 0.4) is 0 Å². The summed E-state index contributed by atoms with van der Waals surface area (Å²) in [5, 5.41) is 4.56. The number of methoxy groups -OCH3 is 1. The number of rotatable bonds is 2. The largest absolute Gasteiger partial charge is 0.453 e. The number of aromatic nitrogens is 3. The summed E-state index contributed by atoms with van der Waals surface area (Å²) in [4.78, 5) is 18.2. The van der Waals surface area contributed by atoms with Crippen LogP contribution in [-0.2, 0) is 10.2 Å². The van der Waals surface area contributed by atoms with Gasteiger partial charge in [-0.2, -0.15) is 18.3 Å². The van der Waals surface area contributed by atoms with E-state index in [0.29, 0.717) is 24.7 Å². The number of fused-ring (bicyclic) bond motifs is 2. The van der Waals surface area contributed by atoms with E-state index in [-0.39, 0.29) is 54.5 Å². The number of carbonyl (C=O) groups excluding carboxylic acids is 1. The molecule has 1 aliphatic heterocycles. The zero-order valence-corrected chi connectivity index (χ0v) is 18.1. The molecule has 3 fully saturated rings. The van der Waals surface area contributed by atoms with E-state index >= 15 is 4.39 Å². The predicted molar refractivity (Wildman–Crippen MR) is 107 cm³/mol. The Kier molecular flexibility index (Phi) is 4.90. The second kappa shape index (κ2) is 7.31. The van der Waals surface area contributed by atoms with E-state index in [2.05, 4.69) is 10.1 Å². The Hall–Kier alpha value is -2.39. The van der Waals surface area contributed by atoms with E-state index in [9.17, 15) is 18.0 Å². The number of hydrogen-bond donors (Lipinski definition) is 0. The van der Waals surface area contributed by atoms with Crippen molar-refractivity contribution in [1.82, 2.24) is 19.5 Å². The van der Waals surface area contributed by atoms with E-state index in [0.717, 1.165) is 18.5 Å². The summed E-state index contributed by atoms with van der Waals surface area (Å²) in [6, 6.07) is 1.89. The third kappa shape index (κ3) is 3.33. The minimum atomic E-state index is -4.21. The van der Waals surface area contributed by atoms with Crippen LogP contribution < -0.4 is 0 Å². The molecule has 5 rings (SSSR count). The van der Waals surface area contributed by atoms with Crippen molar-refractivity contribution in [3.8, 4) is 0 Å². The summed E-state index contributed by atoms with van der Waals surface area (Å²) in [7, 11) is 1.35. The average molecular weight is 454 g/mol. The van der Waals surface area contributed by atoms with Crippen LogP contribution in [0.5, 0.6) is 0 Å². The van der Waals surface area contributed by atoms with Gasteiger partial charge in [-0.3, -0.25) is 0 Å². The maximum Gasteiger partial charge on any atom is 0.409 e. The zero-order chi connectivity index (χ0) is 22.8. The Labute approximate surface area is 182 Å². The third-order valence-corrected chi connectivity index (χ3v) is 7.66. The lowest BCUT2D eigenvalue weighted by Gasteiger charge is -2.32. The molecule has 174 valence electrons. The number of ether oxygens (including phenoxy) is 1. The summed E-state index contributed by atoms with van der Waals surface area (Å²) in [6.45, 7) is 2.88. The molecule has 6 nitrogen and oxygen atoms in total. The van der Waals surface area contributed by atoms with Gasteiger partial charge in [-0.1, -0.05) is 0 Å². The first-order valence-corrected chi connectivity index (χ1v) is 11.1. The van der Waals surface area contributed by atoms with Crippen molar-refractivity contribution in [3.05, 3.63) is 29.0 Å². The van der Waals surface area contributed by atoms with Gasteiger partial charge in [0.25, 0.3) is 0 Å². The Morgan fingerprint density at radius 2 is 1.94 bits per heavy atom. The standard InChI is InChI=1S/C22H26F4N4O2/c1-12-9-16(21-10-15(21)7-8-29(11-21)20(31)32-2)30-19(27-12)17(23)18(28-30)13-3-5-14(6-4-13)22(24,25)26/h9,13-15H,3-8,10-11H2,1-2H3/t13?,14?,15-,21+/m1/s1. The Balaban J connectivity index is 1.49. The monoisotopic (exact) mass is 454 g/mol. The molecule has 0 unspecified atom stereocenters. The molecule has 10 heteroatoms. The van der Waals surface area contributed by atoms with E-state index in [4.69, 9.17) is 4.74 Å². The van der Waals surface area contributed by atoms with Crippen LogP contribution in [-0.4, -0.2) is 52.0 Å². The number of hydrogen-bond acceptors (Lipinski definition) is 4. The molecule has 0 spiro atoms. The number of amides is 1. The number of alkyl halides is 3. The number of aryl methyl sites for hydroxylation is 1. The molecule has 0 N–H and O–H groups in total. The van der Waals surface area contributed by atoms with Crippen LogP contribution >= 0.6 is 0 Å². The fraction of sp³-hybridized carbons (Fsp3) is 0.682. The maximum atomic E-state index is 15.4. The summed E-state index contributed by atoms with van der Waals surface area (Å²) in [5.74, 6) is -1.85. The molecule has 32 heavy (non-hydrogen) atoms. The summed E-state index contributed by atoms with van der Waals surface area (Å²) >= 11 is 0. The molecule has 1 amide bonds. The fourth-order valence-electron chi connectivity index (χ4n) is 5.80. The van der Waals surface area contributed by atoms with E-state index in [1.165, 1.54) is 11.6 Å². The second-order valence-electron chi connectivity index (χ2n) is 9.55. The highest BCUT2D eigenvalue weighted by Gasteiger charge is 2.60. The lowest BCUT2D eigenvalue weighted by molar-refractivity contribution is -0.182. The molecular weight excluding hydrogens is 428 g/mol. The lowest BCUT2D eigenvalue weighted by Crippen LogP contribution is -2.43. The Morgan fingerprint density at radius 3 is 2.59 bits per heavy atom. The van der Waals surface area contributed by atoms with Crippen LogP contribution in [0.4, 0.5) is 22.4 Å². The highest BCUT2D eigenvalue weighted by molar-refractivity contribution is 5.68. The third-order valence-electron chi connectivity index (χ3n) is 7.66. The molecule has 2 aliphatic carbocycles. The summed E-state index contributed by atoms with van der Waals surface area (Å²) in [5.41, 5.74) is 1.45. The van der Waals surface area contributed by atoms with E-state index < -0.39 is 17.9 Å². The highest BCUT2D eigenvalue weighted by atomic mass is 19.4. The summed E-state index contributed by atoms with van der Waals surface area (Å²) < 4.78 is 61.0. The minimum absolute atomic E-state index is 0.0130. The van der Waals surface area contributed by atoms with Crippen molar-refractivity contribution >= 4 is 11.7 Å². The van der Waals surface area contributed by atoms with Gasteiger partial charge >= 0.3 is 12.3 Å². The van der Waals surface area contributed by atoms with Crippen molar-refractivity contribution in [2.75, 3.05) is 20.2 Å². The van der Waals surface area contributed by atoms with Crippen LogP contribution in [0.2, 0.25) is 0 Å². The van der Waals surface area contributed by atoms with Crippen molar-refractivity contribution in [3.63, 3.8) is 0 Å². The molecule has 3 aliphatic rings. The number of likely N-dealkylation sites (tertiary alicyclic amines) is 1. The molecular formula is C22H26F4N4O2. The molecule has 1 saturated heterocycles. The van der Waals surface area contributed by atoms with Crippen LogP contribution in [0.15, 0.2) is 6.07 Å². The Bertz CT molecular complexity index is 1060. The van der Waals surface area contributed by atoms with Crippen molar-refractivity contribution in [2.45, 2.75) is 63.0 Å². The molecule has 2 atom stereocenters. The van der Waals surface area contributed by atoms with Gasteiger partial charge in [-0.05, 0) is 57.4 Å². The SMILES string of the molecule is COC(=O)N1CC[C@@H]2C[C@]2(c2cc(C)nc3c(F)c(C4CCC(C(F)(F)F)CC4)nn23)C1. The van der Waals surface area contributed by atoms with Gasteiger partial charge in [-0.15, -0.1) is 0 Å². The van der Waals surface area contributed by atoms with Crippen LogP contribution in [0.25, 0.3) is 5.65 Å². The first-order chi connectivity index (χ1) is 15.1. The van der Waals surface area contributed by atoms with Gasteiger partial charge in [0, 0.05) is 30.1 Å². The van der Waals surface area contributed by atoms with Gasteiger partial charge in [0.15, 0.2) is 11.5 Å². The van der Waals surface area contributed by atoms with Gasteiger partial charge in [-0.25, -0.2) is 18.7 Å². The molecule has 0 bridgehead atoms. The normalized spacial score (nSPS) is 30.3. The molecule has 3 heterocycles. The van der Waals surface area contributed by atoms with Crippen LogP contribution in [0, 0.1) is 24.6 Å². The first-order valence-electron chi connectivity index (χ1n) is 11.1. The second-order valence-corrected chi connectivity index (χ2v) is 9.55. The fourth-order valence-corrected chi connectivity index (χ4v) is 5.80. The number of halogens is 4. The van der Waals surface area contributed by atoms with Gasteiger partial charge in [0.05, 0.1) is 18.7 Å². The van der Waals surface area contributed by atoms with Gasteiger partial charge in [0.1, 0.15) is 5.69 Å². The topological polar surface area (TPSA) is 59.7 Å². The lowest BCUT2D eigenvalue weighted by atomic mass is 9.80. The van der Waals surface area contributed by atoms with E-state index in [1.807, 2.05) is 6.07 Å². The molecule has 2 aromatic rings.